The lowest BCUT2D eigenvalue weighted by atomic mass is 10.2. The average Bonchev–Trinajstić information content (AvgIpc) is 2.63. The van der Waals surface area contributed by atoms with Crippen LogP contribution in [0.25, 0.3) is 16.4 Å². The van der Waals surface area contributed by atoms with Crippen molar-refractivity contribution >= 4 is 22.1 Å². The van der Waals surface area contributed by atoms with Crippen molar-refractivity contribution in [2.24, 2.45) is 0 Å². The maximum absolute atomic E-state index is 11.0. The van der Waals surface area contributed by atoms with E-state index in [0.29, 0.717) is 11.2 Å². The van der Waals surface area contributed by atoms with E-state index in [0.717, 1.165) is 4.52 Å². The van der Waals surface area contributed by atoms with Gasteiger partial charge in [0.2, 0.25) is 5.88 Å². The Morgan fingerprint density at radius 3 is 2.89 bits per heavy atom. The smallest absolute Gasteiger partial charge is 0.281 e. The second kappa shape index (κ2) is 3.36. The molecule has 0 saturated heterocycles. The van der Waals surface area contributed by atoms with E-state index in [1.807, 2.05) is 0 Å². The topological polar surface area (TPSA) is 106 Å². The minimum absolute atomic E-state index is 0.134. The van der Waals surface area contributed by atoms with Gasteiger partial charge in [-0.05, 0) is 13.0 Å². The molecular weight excluding hydrogens is 238 g/mol. The molecular formula is C10H7N5O3. The molecule has 0 bridgehead atoms. The van der Waals surface area contributed by atoms with E-state index in [-0.39, 0.29) is 22.6 Å². The van der Waals surface area contributed by atoms with E-state index < -0.39 is 4.92 Å². The Balaban J connectivity index is 2.60. The van der Waals surface area contributed by atoms with Crippen LogP contribution < -0.4 is 0 Å². The molecule has 0 atom stereocenters. The fourth-order valence-electron chi connectivity index (χ4n) is 1.91. The zero-order valence-electron chi connectivity index (χ0n) is 9.23. The monoisotopic (exact) mass is 245 g/mol. The summed E-state index contributed by atoms with van der Waals surface area (Å²) < 4.78 is 1.15. The molecule has 18 heavy (non-hydrogen) atoms. The number of fused-ring (bicyclic) bond motifs is 3. The Bertz CT molecular complexity index is 795. The molecule has 2 heterocycles. The Morgan fingerprint density at radius 1 is 1.39 bits per heavy atom. The third-order valence-electron chi connectivity index (χ3n) is 2.64. The molecule has 0 unspecified atom stereocenters. The number of nitro benzene ring substituents is 1. The van der Waals surface area contributed by atoms with Gasteiger partial charge in [0.05, 0.1) is 10.3 Å². The summed E-state index contributed by atoms with van der Waals surface area (Å²) in [5, 5.41) is 33.1. The number of hydrogen-bond acceptors (Lipinski definition) is 6. The fraction of sp³-hybridized carbons (Fsp3) is 0.100. The summed E-state index contributed by atoms with van der Waals surface area (Å²) in [6, 6.07) is 4.42. The molecule has 0 amide bonds. The van der Waals surface area contributed by atoms with Crippen LogP contribution >= 0.6 is 0 Å². The summed E-state index contributed by atoms with van der Waals surface area (Å²) in [5.74, 6) is 0.183. The van der Waals surface area contributed by atoms with E-state index in [1.54, 1.807) is 13.0 Å². The highest BCUT2D eigenvalue weighted by molar-refractivity contribution is 6.05. The number of rotatable bonds is 1. The van der Waals surface area contributed by atoms with Gasteiger partial charge in [-0.2, -0.15) is 4.52 Å². The molecule has 90 valence electrons. The molecule has 0 fully saturated rings. The standard InChI is InChI=1S/C10H7N5O3/c1-5-11-12-9-8-6(10(16)14(9)13-5)3-2-4-7(8)15(17)18/h2-4,16H,1H3. The van der Waals surface area contributed by atoms with Gasteiger partial charge in [0.25, 0.3) is 5.69 Å². The molecule has 0 radical (unpaired) electrons. The summed E-state index contributed by atoms with van der Waals surface area (Å²) >= 11 is 0. The molecule has 0 aliphatic rings. The lowest BCUT2D eigenvalue weighted by molar-refractivity contribution is -0.383. The number of aromatic hydroxyl groups is 1. The van der Waals surface area contributed by atoms with Crippen molar-refractivity contribution in [3.63, 3.8) is 0 Å². The van der Waals surface area contributed by atoms with Crippen molar-refractivity contribution in [3.05, 3.63) is 34.1 Å². The van der Waals surface area contributed by atoms with E-state index in [2.05, 4.69) is 15.3 Å². The predicted molar refractivity (Wildman–Crippen MR) is 61.3 cm³/mol. The first kappa shape index (κ1) is 10.4. The molecule has 0 aliphatic heterocycles. The SMILES string of the molecule is Cc1nnc2c3c([N+](=O)[O-])cccc3c(O)n2n1. The summed E-state index contributed by atoms with van der Waals surface area (Å²) in [6.07, 6.45) is 0. The fourth-order valence-corrected chi connectivity index (χ4v) is 1.91. The number of aromatic nitrogens is 4. The van der Waals surface area contributed by atoms with Crippen LogP contribution in [-0.2, 0) is 0 Å². The first-order chi connectivity index (χ1) is 8.59. The van der Waals surface area contributed by atoms with Gasteiger partial charge in [-0.25, -0.2) is 0 Å². The zero-order valence-corrected chi connectivity index (χ0v) is 9.23. The van der Waals surface area contributed by atoms with Gasteiger partial charge in [0.15, 0.2) is 11.5 Å². The van der Waals surface area contributed by atoms with Crippen LogP contribution in [0.5, 0.6) is 5.88 Å². The predicted octanol–water partition coefficient (Wildman–Crippen LogP) is 1.20. The van der Waals surface area contributed by atoms with Gasteiger partial charge in [-0.1, -0.05) is 6.07 Å². The van der Waals surface area contributed by atoms with Crippen molar-refractivity contribution in [2.75, 3.05) is 0 Å². The highest BCUT2D eigenvalue weighted by Crippen LogP contribution is 2.35. The largest absolute Gasteiger partial charge is 0.493 e. The van der Waals surface area contributed by atoms with Crippen LogP contribution in [0.3, 0.4) is 0 Å². The summed E-state index contributed by atoms with van der Waals surface area (Å²) in [7, 11) is 0. The van der Waals surface area contributed by atoms with Crippen LogP contribution in [0.1, 0.15) is 5.82 Å². The molecule has 8 heteroatoms. The first-order valence-electron chi connectivity index (χ1n) is 5.07. The lowest BCUT2D eigenvalue weighted by Gasteiger charge is -1.94. The van der Waals surface area contributed by atoms with Crippen LogP contribution in [-0.4, -0.2) is 29.8 Å². The van der Waals surface area contributed by atoms with E-state index in [1.165, 1.54) is 12.1 Å². The van der Waals surface area contributed by atoms with E-state index in [4.69, 9.17) is 0 Å². The summed E-state index contributed by atoms with van der Waals surface area (Å²) in [5.41, 5.74) is 0.0330. The van der Waals surface area contributed by atoms with Gasteiger partial charge in [-0.3, -0.25) is 10.1 Å². The Morgan fingerprint density at radius 2 is 2.17 bits per heavy atom. The number of nitrogens with zero attached hydrogens (tertiary/aromatic N) is 5. The molecule has 2 aromatic heterocycles. The molecule has 0 aliphatic carbocycles. The van der Waals surface area contributed by atoms with Gasteiger partial charge >= 0.3 is 0 Å². The maximum Gasteiger partial charge on any atom is 0.281 e. The molecule has 3 aromatic rings. The van der Waals surface area contributed by atoms with Gasteiger partial charge in [0, 0.05) is 6.07 Å². The first-order valence-corrected chi connectivity index (χ1v) is 5.07. The lowest BCUT2D eigenvalue weighted by Crippen LogP contribution is -2.00. The Kier molecular flexibility index (Phi) is 1.94. The molecule has 1 N–H and O–H groups in total. The number of non-ortho nitro benzene ring substituents is 1. The number of aryl methyl sites for hydroxylation is 1. The van der Waals surface area contributed by atoms with Crippen LogP contribution in [0.2, 0.25) is 0 Å². The van der Waals surface area contributed by atoms with Crippen molar-refractivity contribution in [1.82, 2.24) is 19.8 Å². The minimum atomic E-state index is -0.524. The van der Waals surface area contributed by atoms with Crippen LogP contribution in [0.4, 0.5) is 5.69 Å². The average molecular weight is 245 g/mol. The molecule has 8 nitrogen and oxygen atoms in total. The number of benzene rings is 1. The molecule has 3 rings (SSSR count). The highest BCUT2D eigenvalue weighted by Gasteiger charge is 2.22. The number of hydrogen-bond donors (Lipinski definition) is 1. The van der Waals surface area contributed by atoms with Gasteiger partial charge in [0.1, 0.15) is 5.39 Å². The van der Waals surface area contributed by atoms with E-state index >= 15 is 0 Å². The van der Waals surface area contributed by atoms with Crippen molar-refractivity contribution < 1.29 is 10.0 Å². The van der Waals surface area contributed by atoms with Gasteiger partial charge < -0.3 is 5.11 Å². The summed E-state index contributed by atoms with van der Waals surface area (Å²) in [4.78, 5) is 10.5. The second-order valence-corrected chi connectivity index (χ2v) is 3.76. The third kappa shape index (κ3) is 1.22. The summed E-state index contributed by atoms with van der Waals surface area (Å²) in [6.45, 7) is 1.62. The Labute approximate surface area is 99.6 Å². The molecule has 0 spiro atoms. The normalized spacial score (nSPS) is 11.2. The maximum atomic E-state index is 11.0. The highest BCUT2D eigenvalue weighted by atomic mass is 16.6. The molecule has 1 aromatic carbocycles. The van der Waals surface area contributed by atoms with Crippen molar-refractivity contribution in [3.8, 4) is 5.88 Å². The van der Waals surface area contributed by atoms with Crippen LogP contribution in [0.15, 0.2) is 18.2 Å². The van der Waals surface area contributed by atoms with E-state index in [9.17, 15) is 15.2 Å². The zero-order chi connectivity index (χ0) is 12.9. The van der Waals surface area contributed by atoms with Crippen molar-refractivity contribution in [1.29, 1.82) is 0 Å². The van der Waals surface area contributed by atoms with Gasteiger partial charge in [-0.15, -0.1) is 15.3 Å². The quantitative estimate of drug-likeness (QED) is 0.510. The Hall–Kier alpha value is -2.77. The minimum Gasteiger partial charge on any atom is -0.493 e. The third-order valence-corrected chi connectivity index (χ3v) is 2.64. The van der Waals surface area contributed by atoms with Crippen molar-refractivity contribution in [2.45, 2.75) is 6.92 Å². The van der Waals surface area contributed by atoms with Crippen LogP contribution in [0, 0.1) is 17.0 Å². The molecule has 0 saturated carbocycles. The number of nitro groups is 1. The second-order valence-electron chi connectivity index (χ2n) is 3.76.